The van der Waals surface area contributed by atoms with Crippen molar-refractivity contribution in [3.8, 4) is 0 Å². The monoisotopic (exact) mass is 340 g/mol. The summed E-state index contributed by atoms with van der Waals surface area (Å²) in [6, 6.07) is 9.34. The fourth-order valence-corrected chi connectivity index (χ4v) is 2.50. The molecule has 23 heavy (non-hydrogen) atoms. The normalized spacial score (nSPS) is 16.0. The molecule has 0 spiro atoms. The van der Waals surface area contributed by atoms with Crippen molar-refractivity contribution in [1.29, 1.82) is 0 Å². The van der Waals surface area contributed by atoms with Gasteiger partial charge in [0.15, 0.2) is 0 Å². The summed E-state index contributed by atoms with van der Waals surface area (Å²) in [4.78, 5) is 26.1. The van der Waals surface area contributed by atoms with E-state index in [1.807, 2.05) is 37.3 Å². The number of carbonyl (C=O) groups is 2. The quantitative estimate of drug-likeness (QED) is 0.773. The highest BCUT2D eigenvalue weighted by atomic mass is 35.5. The van der Waals surface area contributed by atoms with Gasteiger partial charge >= 0.3 is 5.97 Å². The van der Waals surface area contributed by atoms with Crippen LogP contribution in [0.2, 0.25) is 0 Å². The molecule has 0 radical (unpaired) electrons. The van der Waals surface area contributed by atoms with Crippen molar-refractivity contribution in [3.05, 3.63) is 35.9 Å². The zero-order valence-electron chi connectivity index (χ0n) is 13.6. The van der Waals surface area contributed by atoms with Crippen LogP contribution in [0.3, 0.4) is 0 Å². The van der Waals surface area contributed by atoms with Crippen molar-refractivity contribution in [1.82, 2.24) is 4.90 Å². The second-order valence-corrected chi connectivity index (χ2v) is 5.73. The fraction of sp³-hybridized carbons (Fsp3) is 0.529. The third-order valence-electron chi connectivity index (χ3n) is 3.99. The van der Waals surface area contributed by atoms with Gasteiger partial charge in [0, 0.05) is 12.1 Å². The molecule has 2 unspecified atom stereocenters. The predicted molar refractivity (Wildman–Crippen MR) is 91.2 cm³/mol. The molecule has 2 N–H and O–H groups in total. The molecular weight excluding hydrogens is 316 g/mol. The summed E-state index contributed by atoms with van der Waals surface area (Å²) in [6.45, 7) is 3.92. The van der Waals surface area contributed by atoms with Crippen LogP contribution in [-0.2, 0) is 14.3 Å². The van der Waals surface area contributed by atoms with Crippen LogP contribution in [0.1, 0.15) is 38.3 Å². The van der Waals surface area contributed by atoms with Gasteiger partial charge in [0.05, 0.1) is 12.5 Å². The molecule has 1 saturated carbocycles. The second kappa shape index (κ2) is 8.89. The van der Waals surface area contributed by atoms with Crippen LogP contribution in [0.4, 0.5) is 0 Å². The van der Waals surface area contributed by atoms with Crippen LogP contribution in [0.5, 0.6) is 0 Å². The first kappa shape index (κ1) is 19.5. The first-order chi connectivity index (χ1) is 10.5. The number of nitrogens with zero attached hydrogens (tertiary/aromatic N) is 1. The molecule has 1 aliphatic carbocycles. The van der Waals surface area contributed by atoms with Crippen LogP contribution in [-0.4, -0.2) is 36.0 Å². The van der Waals surface area contributed by atoms with Gasteiger partial charge in [-0.3, -0.25) is 9.59 Å². The maximum absolute atomic E-state index is 12.7. The molecule has 1 amide bonds. The molecule has 1 aromatic carbocycles. The van der Waals surface area contributed by atoms with Gasteiger partial charge in [-0.2, -0.15) is 0 Å². The lowest BCUT2D eigenvalue weighted by Crippen LogP contribution is -2.43. The van der Waals surface area contributed by atoms with Gasteiger partial charge in [-0.25, -0.2) is 0 Å². The number of ether oxygens (including phenoxy) is 1. The molecule has 0 heterocycles. The molecule has 6 heteroatoms. The van der Waals surface area contributed by atoms with E-state index in [4.69, 9.17) is 10.5 Å². The van der Waals surface area contributed by atoms with E-state index in [0.717, 1.165) is 18.4 Å². The standard InChI is InChI=1S/C17H24N2O3.ClH/c1-3-22-15(20)11-19(14-9-10-14)17(21)12(2)16(18)13-7-5-4-6-8-13;/h4-8,12,14,16H,3,9-11,18H2,1-2H3;1H. The smallest absolute Gasteiger partial charge is 0.325 e. The molecule has 1 fully saturated rings. The molecule has 0 bridgehead atoms. The number of benzene rings is 1. The maximum atomic E-state index is 12.7. The summed E-state index contributed by atoms with van der Waals surface area (Å²) in [5.41, 5.74) is 7.15. The molecule has 128 valence electrons. The van der Waals surface area contributed by atoms with Crippen molar-refractivity contribution in [3.63, 3.8) is 0 Å². The molecule has 0 saturated heterocycles. The fourth-order valence-electron chi connectivity index (χ4n) is 2.50. The van der Waals surface area contributed by atoms with E-state index in [9.17, 15) is 9.59 Å². The van der Waals surface area contributed by atoms with Gasteiger partial charge in [-0.05, 0) is 25.3 Å². The summed E-state index contributed by atoms with van der Waals surface area (Å²) in [5, 5.41) is 0. The number of rotatable bonds is 7. The van der Waals surface area contributed by atoms with E-state index in [1.54, 1.807) is 11.8 Å². The lowest BCUT2D eigenvalue weighted by atomic mass is 9.94. The lowest BCUT2D eigenvalue weighted by Gasteiger charge is -2.28. The first-order valence-corrected chi connectivity index (χ1v) is 7.81. The summed E-state index contributed by atoms with van der Waals surface area (Å²) in [7, 11) is 0. The third kappa shape index (κ3) is 5.22. The Hall–Kier alpha value is -1.59. The van der Waals surface area contributed by atoms with E-state index < -0.39 is 0 Å². The van der Waals surface area contributed by atoms with Crippen LogP contribution in [0.25, 0.3) is 0 Å². The number of hydrogen-bond donors (Lipinski definition) is 1. The summed E-state index contributed by atoms with van der Waals surface area (Å²) >= 11 is 0. The number of esters is 1. The van der Waals surface area contributed by atoms with Crippen molar-refractivity contribution >= 4 is 24.3 Å². The van der Waals surface area contributed by atoms with E-state index in [0.29, 0.717) is 6.61 Å². The van der Waals surface area contributed by atoms with Crippen molar-refractivity contribution in [2.45, 2.75) is 38.8 Å². The highest BCUT2D eigenvalue weighted by Gasteiger charge is 2.37. The Morgan fingerprint density at radius 1 is 1.30 bits per heavy atom. The van der Waals surface area contributed by atoms with Crippen molar-refractivity contribution < 1.29 is 14.3 Å². The Bertz CT molecular complexity index is 520. The molecule has 5 nitrogen and oxygen atoms in total. The predicted octanol–water partition coefficient (Wildman–Crippen LogP) is 2.30. The molecule has 0 aromatic heterocycles. The topological polar surface area (TPSA) is 72.6 Å². The molecule has 1 aromatic rings. The number of halogens is 1. The van der Waals surface area contributed by atoms with Gasteiger partial charge in [-0.1, -0.05) is 37.3 Å². The third-order valence-corrected chi connectivity index (χ3v) is 3.99. The van der Waals surface area contributed by atoms with E-state index in [-0.39, 0.29) is 48.8 Å². The molecule has 2 atom stereocenters. The minimum absolute atomic E-state index is 0. The number of nitrogens with two attached hydrogens (primary N) is 1. The maximum Gasteiger partial charge on any atom is 0.325 e. The van der Waals surface area contributed by atoms with Crippen molar-refractivity contribution in [2.24, 2.45) is 11.7 Å². The highest BCUT2D eigenvalue weighted by molar-refractivity contribution is 5.85. The summed E-state index contributed by atoms with van der Waals surface area (Å²) in [5.74, 6) is -0.812. The Morgan fingerprint density at radius 2 is 1.91 bits per heavy atom. The number of carbonyl (C=O) groups excluding carboxylic acids is 2. The van der Waals surface area contributed by atoms with E-state index in [1.165, 1.54) is 0 Å². The van der Waals surface area contributed by atoms with Gasteiger partial charge < -0.3 is 15.4 Å². The summed E-state index contributed by atoms with van der Waals surface area (Å²) in [6.07, 6.45) is 1.89. The van der Waals surface area contributed by atoms with Gasteiger partial charge in [0.25, 0.3) is 0 Å². The largest absolute Gasteiger partial charge is 0.465 e. The van der Waals surface area contributed by atoms with E-state index >= 15 is 0 Å². The molecular formula is C17H25ClN2O3. The minimum Gasteiger partial charge on any atom is -0.465 e. The van der Waals surface area contributed by atoms with Crippen LogP contribution in [0, 0.1) is 5.92 Å². The van der Waals surface area contributed by atoms with Gasteiger partial charge in [0.2, 0.25) is 5.91 Å². The number of amides is 1. The van der Waals surface area contributed by atoms with E-state index in [2.05, 4.69) is 0 Å². The first-order valence-electron chi connectivity index (χ1n) is 7.81. The SMILES string of the molecule is CCOC(=O)CN(C(=O)C(C)C(N)c1ccccc1)C1CC1.Cl. The lowest BCUT2D eigenvalue weighted by molar-refractivity contribution is -0.150. The van der Waals surface area contributed by atoms with Crippen LogP contribution in [0.15, 0.2) is 30.3 Å². The van der Waals surface area contributed by atoms with Crippen LogP contribution < -0.4 is 5.73 Å². The summed E-state index contributed by atoms with van der Waals surface area (Å²) < 4.78 is 4.96. The van der Waals surface area contributed by atoms with Crippen molar-refractivity contribution in [2.75, 3.05) is 13.2 Å². The highest BCUT2D eigenvalue weighted by Crippen LogP contribution is 2.30. The molecule has 1 aliphatic rings. The Balaban J connectivity index is 0.00000264. The van der Waals surface area contributed by atoms with Gasteiger partial charge in [-0.15, -0.1) is 12.4 Å². The zero-order chi connectivity index (χ0) is 16.1. The Kier molecular flexibility index (Phi) is 7.52. The minimum atomic E-state index is -0.378. The Labute approximate surface area is 143 Å². The number of hydrogen-bond acceptors (Lipinski definition) is 4. The Morgan fingerprint density at radius 3 is 2.43 bits per heavy atom. The zero-order valence-corrected chi connectivity index (χ0v) is 14.4. The molecule has 0 aliphatic heterocycles. The molecule has 2 rings (SSSR count). The van der Waals surface area contributed by atoms with Crippen LogP contribution >= 0.6 is 12.4 Å². The average Bonchev–Trinajstić information content (AvgIpc) is 3.36. The van der Waals surface area contributed by atoms with Gasteiger partial charge in [0.1, 0.15) is 6.54 Å². The average molecular weight is 341 g/mol. The second-order valence-electron chi connectivity index (χ2n) is 5.73.